The number of hydrogen-bond donors (Lipinski definition) is 4. The molecule has 16 nitrogen and oxygen atoms in total. The number of rotatable bonds is 23. The molecule has 1 aliphatic heterocycles. The molecule has 4 N–H and O–H groups in total. The molecule has 0 aliphatic carbocycles. The molecule has 64 heavy (non-hydrogen) atoms. The molecule has 9 atom stereocenters. The van der Waals surface area contributed by atoms with E-state index in [0.29, 0.717) is 38.8 Å². The zero-order valence-corrected chi connectivity index (χ0v) is 41.4. The van der Waals surface area contributed by atoms with Gasteiger partial charge in [-0.25, -0.2) is 9.78 Å². The number of carboxylic acid groups (broad SMARTS) is 1. The normalized spacial score (nSPS) is 18.4. The number of nitrogens with one attached hydrogen (secondary N) is 2. The second-order valence-electron chi connectivity index (χ2n) is 19.2. The van der Waals surface area contributed by atoms with Crippen molar-refractivity contribution in [2.75, 3.05) is 34.9 Å². The van der Waals surface area contributed by atoms with E-state index in [0.717, 1.165) is 16.1 Å². The molecular weight excluding hydrogens is 841 g/mol. The molecule has 17 heteroatoms. The van der Waals surface area contributed by atoms with Crippen molar-refractivity contribution in [3.8, 4) is 0 Å². The minimum atomic E-state index is -1.66. The number of likely N-dealkylation sites (tertiary alicyclic amines) is 1. The lowest BCUT2D eigenvalue weighted by atomic mass is 9.89. The average molecular weight is 917 g/mol. The minimum absolute atomic E-state index is 0.0545. The molecule has 4 amide bonds. The van der Waals surface area contributed by atoms with E-state index in [2.05, 4.69) is 15.6 Å². The van der Waals surface area contributed by atoms with Gasteiger partial charge in [-0.15, -0.1) is 11.3 Å². The third kappa shape index (κ3) is 14.9. The predicted molar refractivity (Wildman–Crippen MR) is 246 cm³/mol. The largest absolute Gasteiger partial charge is 0.480 e. The van der Waals surface area contributed by atoms with Crippen LogP contribution in [0.25, 0.3) is 0 Å². The van der Waals surface area contributed by atoms with Crippen LogP contribution in [0.5, 0.6) is 0 Å². The first kappa shape index (κ1) is 54.2. The molecule has 0 spiro atoms. The summed E-state index contributed by atoms with van der Waals surface area (Å²) in [4.78, 5) is 77.0. The van der Waals surface area contributed by atoms with Crippen molar-refractivity contribution in [2.45, 2.75) is 162 Å². The first-order valence-electron chi connectivity index (χ1n) is 22.4. The van der Waals surface area contributed by atoms with Crippen LogP contribution < -0.4 is 10.6 Å². The summed E-state index contributed by atoms with van der Waals surface area (Å²) >= 11 is 1.45. The number of thiazole rings is 1. The van der Waals surface area contributed by atoms with Crippen LogP contribution in [0.4, 0.5) is 4.79 Å². The molecule has 0 bridgehead atoms. The smallest absolute Gasteiger partial charge is 0.408 e. The summed E-state index contributed by atoms with van der Waals surface area (Å²) < 4.78 is 17.4. The quantitative estimate of drug-likeness (QED) is 0.107. The second kappa shape index (κ2) is 23.9. The molecule has 0 unspecified atom stereocenters. The van der Waals surface area contributed by atoms with E-state index in [1.807, 2.05) is 69.3 Å². The third-order valence-corrected chi connectivity index (χ3v) is 13.1. The topological polar surface area (TPSA) is 200 Å². The lowest BCUT2D eigenvalue weighted by Gasteiger charge is -2.41. The molecule has 1 aromatic carbocycles. The van der Waals surface area contributed by atoms with Gasteiger partial charge in [0.15, 0.2) is 0 Å². The second-order valence-corrected chi connectivity index (χ2v) is 20.1. The Hall–Kier alpha value is -4.16. The van der Waals surface area contributed by atoms with E-state index in [9.17, 15) is 34.2 Å². The number of aromatic nitrogens is 1. The number of amides is 4. The number of ether oxygens (including phenoxy) is 3. The SMILES string of the molecule is CC[C@H](C)[C@@H]([C@@H](CC(=O)N1CCC[C@H]1[C@H](OC)[C@@H](C)C(=O)N[C@@H](Cc1ccc(CN(C)[C@H](C(=O)O)C(C)C)cc1)c1nccs1)OC)N(C)C(=O)[C@@H](NC(=O)OC(C)(C)C)C(C)(C)O. The van der Waals surface area contributed by atoms with E-state index in [1.54, 1.807) is 52.9 Å². The van der Waals surface area contributed by atoms with Gasteiger partial charge in [-0.3, -0.25) is 24.1 Å². The summed E-state index contributed by atoms with van der Waals surface area (Å²) in [6.07, 6.45) is 1.85. The van der Waals surface area contributed by atoms with E-state index in [-0.39, 0.29) is 30.1 Å². The first-order chi connectivity index (χ1) is 29.8. The van der Waals surface area contributed by atoms with Gasteiger partial charge in [-0.05, 0) is 83.9 Å². The van der Waals surface area contributed by atoms with Crippen LogP contribution in [0.1, 0.15) is 117 Å². The molecule has 3 rings (SSSR count). The number of aliphatic hydroxyl groups is 1. The number of benzene rings is 1. The summed E-state index contributed by atoms with van der Waals surface area (Å²) in [7, 11) is 6.45. The van der Waals surface area contributed by atoms with Gasteiger partial charge in [0.1, 0.15) is 22.7 Å². The Labute approximate surface area is 384 Å². The molecule has 1 saturated heterocycles. The summed E-state index contributed by atoms with van der Waals surface area (Å²) in [6.45, 7) is 18.4. The number of carbonyl (C=O) groups excluding carboxylic acids is 4. The molecule has 1 aliphatic rings. The van der Waals surface area contributed by atoms with Crippen molar-refractivity contribution in [2.24, 2.45) is 17.8 Å². The van der Waals surface area contributed by atoms with Gasteiger partial charge in [-0.2, -0.15) is 0 Å². The number of carboxylic acids is 1. The average Bonchev–Trinajstić information content (AvgIpc) is 3.92. The Bertz CT molecular complexity index is 1810. The summed E-state index contributed by atoms with van der Waals surface area (Å²) in [6, 6.07) is 4.51. The fraction of sp³-hybridized carbons (Fsp3) is 0.702. The van der Waals surface area contributed by atoms with Crippen LogP contribution in [0.2, 0.25) is 0 Å². The number of aliphatic carboxylic acids is 1. The molecule has 1 aromatic heterocycles. The molecule has 1 fully saturated rings. The Morgan fingerprint density at radius 1 is 0.969 bits per heavy atom. The van der Waals surface area contributed by atoms with Crippen molar-refractivity contribution in [3.63, 3.8) is 0 Å². The van der Waals surface area contributed by atoms with E-state index in [1.165, 1.54) is 37.2 Å². The van der Waals surface area contributed by atoms with Crippen molar-refractivity contribution >= 4 is 41.1 Å². The molecule has 0 radical (unpaired) electrons. The highest BCUT2D eigenvalue weighted by Gasteiger charge is 2.45. The maximum atomic E-state index is 14.4. The fourth-order valence-corrected chi connectivity index (χ4v) is 9.46. The lowest BCUT2D eigenvalue weighted by molar-refractivity contribution is -0.149. The van der Waals surface area contributed by atoms with Crippen molar-refractivity contribution in [3.05, 3.63) is 52.0 Å². The highest BCUT2D eigenvalue weighted by atomic mass is 32.1. The van der Waals surface area contributed by atoms with Gasteiger partial charge in [0, 0.05) is 45.9 Å². The molecule has 360 valence electrons. The molecule has 0 saturated carbocycles. The summed E-state index contributed by atoms with van der Waals surface area (Å²) in [5, 5.41) is 29.2. The maximum Gasteiger partial charge on any atom is 0.408 e. The van der Waals surface area contributed by atoms with Crippen molar-refractivity contribution in [1.82, 2.24) is 30.3 Å². The molecular formula is C47H76N6O10S. The summed E-state index contributed by atoms with van der Waals surface area (Å²) in [5.41, 5.74) is -0.545. The van der Waals surface area contributed by atoms with Crippen LogP contribution in [0, 0.1) is 17.8 Å². The number of carbonyl (C=O) groups is 5. The van der Waals surface area contributed by atoms with E-state index in [4.69, 9.17) is 14.2 Å². The first-order valence-corrected chi connectivity index (χ1v) is 23.3. The standard InChI is InChI=1S/C47H76N6O10S/c1-15-29(4)38(52(12)43(56)40(47(9,10)60)50-45(59)63-46(6,7)8)35(61-13)26-36(54)53-23-16-17-34(53)39(62-14)30(5)41(55)49-33(42-48-22-24-64-42)25-31-18-20-32(21-19-31)27-51(11)37(28(2)3)44(57)58/h18-22,24,28-30,33-35,37-40,60H,15-17,23,25-27H2,1-14H3,(H,49,55)(H,50,59)(H,57,58)/t29-,30+,33-,34-,35+,37-,38-,39+,40+/m0/s1. The number of methoxy groups -OCH3 is 2. The number of alkyl carbamates (subject to hydrolysis) is 1. The van der Waals surface area contributed by atoms with Gasteiger partial charge in [0.25, 0.3) is 0 Å². The molecule has 2 heterocycles. The van der Waals surface area contributed by atoms with E-state index < -0.39 is 77.5 Å². The highest BCUT2D eigenvalue weighted by Crippen LogP contribution is 2.31. The highest BCUT2D eigenvalue weighted by molar-refractivity contribution is 7.09. The predicted octanol–water partition coefficient (Wildman–Crippen LogP) is 5.67. The summed E-state index contributed by atoms with van der Waals surface area (Å²) in [5.74, 6) is -2.73. The van der Waals surface area contributed by atoms with Gasteiger partial charge in [0.2, 0.25) is 17.7 Å². The van der Waals surface area contributed by atoms with Crippen LogP contribution in [-0.2, 0) is 46.4 Å². The van der Waals surface area contributed by atoms with Crippen LogP contribution in [-0.4, -0.2) is 142 Å². The number of hydrogen-bond acceptors (Lipinski definition) is 12. The zero-order valence-electron chi connectivity index (χ0n) is 40.5. The van der Waals surface area contributed by atoms with Crippen LogP contribution in [0.3, 0.4) is 0 Å². The molecule has 2 aromatic rings. The van der Waals surface area contributed by atoms with Gasteiger partial charge in [0.05, 0.1) is 48.3 Å². The zero-order chi connectivity index (χ0) is 48.3. The van der Waals surface area contributed by atoms with Crippen molar-refractivity contribution in [1.29, 1.82) is 0 Å². The Morgan fingerprint density at radius 3 is 2.09 bits per heavy atom. The lowest BCUT2D eigenvalue weighted by Crippen LogP contribution is -2.62. The van der Waals surface area contributed by atoms with Crippen LogP contribution >= 0.6 is 11.3 Å². The Balaban J connectivity index is 1.78. The van der Waals surface area contributed by atoms with Crippen LogP contribution in [0.15, 0.2) is 35.8 Å². The number of likely N-dealkylation sites (N-methyl/N-ethyl adjacent to an activating group) is 2. The minimum Gasteiger partial charge on any atom is -0.480 e. The monoisotopic (exact) mass is 917 g/mol. The van der Waals surface area contributed by atoms with E-state index >= 15 is 0 Å². The Morgan fingerprint density at radius 2 is 1.59 bits per heavy atom. The van der Waals surface area contributed by atoms with Crippen molar-refractivity contribution < 1.29 is 48.4 Å². The third-order valence-electron chi connectivity index (χ3n) is 12.2. The fourth-order valence-electron chi connectivity index (χ4n) is 8.77. The number of nitrogens with zero attached hydrogens (tertiary/aromatic N) is 4. The maximum absolute atomic E-state index is 14.4. The van der Waals surface area contributed by atoms with Gasteiger partial charge >= 0.3 is 12.1 Å². The Kier molecular flexibility index (Phi) is 20.2. The van der Waals surface area contributed by atoms with Gasteiger partial charge in [-0.1, -0.05) is 65.3 Å². The van der Waals surface area contributed by atoms with Gasteiger partial charge < -0.3 is 44.9 Å².